The molecule has 0 radical (unpaired) electrons. The maximum absolute atomic E-state index is 13.0. The molecule has 1 aliphatic heterocycles. The van der Waals surface area contributed by atoms with E-state index in [1.165, 1.54) is 24.3 Å². The Balaban J connectivity index is 1.50. The minimum atomic E-state index is -0.739. The zero-order chi connectivity index (χ0) is 25.4. The molecule has 0 fully saturated rings. The number of halogens is 4. The van der Waals surface area contributed by atoms with Crippen molar-refractivity contribution < 1.29 is 19.1 Å². The lowest BCUT2D eigenvalue weighted by molar-refractivity contribution is -0.120. The third-order valence-electron chi connectivity index (χ3n) is 5.21. The van der Waals surface area contributed by atoms with Gasteiger partial charge in [-0.2, -0.15) is 0 Å². The summed E-state index contributed by atoms with van der Waals surface area (Å²) in [6.45, 7) is 3.65. The zero-order valence-electron chi connectivity index (χ0n) is 18.3. The van der Waals surface area contributed by atoms with Crippen molar-refractivity contribution in [3.05, 3.63) is 97.1 Å². The van der Waals surface area contributed by atoms with Crippen LogP contribution in [-0.2, 0) is 9.59 Å². The summed E-state index contributed by atoms with van der Waals surface area (Å²) in [4.78, 5) is 39.0. The quantitative estimate of drug-likeness (QED) is 0.212. The molecule has 0 spiro atoms. The standard InChI is InChI=1S/C25H16Cl4N2O4/c1-12-10-16(11-13(2)19(12)27)35-25(34)14-6-8-15(9-7-14)30-22-21(29)23(32)31(24(22)33)18-5-3-4-17(26)20(18)28/h3-11,30H,1-2H3. The number of nitrogens with one attached hydrogen (secondary N) is 1. The summed E-state index contributed by atoms with van der Waals surface area (Å²) in [6.07, 6.45) is 0. The molecule has 1 heterocycles. The first-order valence-corrected chi connectivity index (χ1v) is 11.7. The predicted molar refractivity (Wildman–Crippen MR) is 138 cm³/mol. The highest BCUT2D eigenvalue weighted by Gasteiger charge is 2.40. The number of carbonyl (C=O) groups excluding carboxylic acids is 3. The fourth-order valence-corrected chi connectivity index (χ4v) is 4.16. The lowest BCUT2D eigenvalue weighted by Crippen LogP contribution is -2.32. The molecule has 178 valence electrons. The predicted octanol–water partition coefficient (Wildman–Crippen LogP) is 6.92. The van der Waals surface area contributed by atoms with Gasteiger partial charge in [-0.25, -0.2) is 9.69 Å². The third-order valence-corrected chi connectivity index (χ3v) is 6.97. The summed E-state index contributed by atoms with van der Waals surface area (Å²) in [5.74, 6) is -1.62. The first kappa shape index (κ1) is 25.1. The van der Waals surface area contributed by atoms with Crippen molar-refractivity contribution in [3.63, 3.8) is 0 Å². The van der Waals surface area contributed by atoms with E-state index in [9.17, 15) is 14.4 Å². The summed E-state index contributed by atoms with van der Waals surface area (Å²) >= 11 is 24.5. The second-order valence-electron chi connectivity index (χ2n) is 7.67. The van der Waals surface area contributed by atoms with Gasteiger partial charge in [0.05, 0.1) is 21.3 Å². The average Bonchev–Trinajstić information content (AvgIpc) is 3.03. The summed E-state index contributed by atoms with van der Waals surface area (Å²) in [5.41, 5.74) is 2.28. The van der Waals surface area contributed by atoms with Crippen LogP contribution in [0.5, 0.6) is 5.75 Å². The SMILES string of the molecule is Cc1cc(OC(=O)c2ccc(NC3=C(Cl)C(=O)N(c4cccc(Cl)c4Cl)C3=O)cc2)cc(C)c1Cl. The highest BCUT2D eigenvalue weighted by Crippen LogP contribution is 2.37. The number of esters is 1. The molecule has 6 nitrogen and oxygen atoms in total. The highest BCUT2D eigenvalue weighted by molar-refractivity contribution is 6.54. The molecule has 1 N–H and O–H groups in total. The third kappa shape index (κ3) is 4.88. The van der Waals surface area contributed by atoms with Crippen LogP contribution in [0.2, 0.25) is 15.1 Å². The van der Waals surface area contributed by atoms with E-state index in [0.29, 0.717) is 16.5 Å². The van der Waals surface area contributed by atoms with Crippen molar-refractivity contribution in [3.8, 4) is 5.75 Å². The summed E-state index contributed by atoms with van der Waals surface area (Å²) in [5, 5.41) is 3.39. The maximum atomic E-state index is 13.0. The number of hydrogen-bond donors (Lipinski definition) is 1. The molecule has 0 aromatic heterocycles. The van der Waals surface area contributed by atoms with Crippen LogP contribution in [0, 0.1) is 13.8 Å². The molecule has 0 bridgehead atoms. The van der Waals surface area contributed by atoms with Gasteiger partial charge in [0.2, 0.25) is 0 Å². The van der Waals surface area contributed by atoms with E-state index in [1.807, 2.05) is 13.8 Å². The van der Waals surface area contributed by atoms with E-state index in [0.717, 1.165) is 16.0 Å². The van der Waals surface area contributed by atoms with Gasteiger partial charge in [0, 0.05) is 10.7 Å². The number of benzene rings is 3. The van der Waals surface area contributed by atoms with E-state index >= 15 is 0 Å². The van der Waals surface area contributed by atoms with Crippen molar-refractivity contribution in [1.29, 1.82) is 0 Å². The van der Waals surface area contributed by atoms with E-state index in [4.69, 9.17) is 51.1 Å². The lowest BCUT2D eigenvalue weighted by atomic mass is 10.1. The Labute approximate surface area is 221 Å². The molecule has 1 aliphatic rings. The number of imide groups is 1. The molecule has 0 saturated carbocycles. The van der Waals surface area contributed by atoms with Crippen LogP contribution in [-0.4, -0.2) is 17.8 Å². The number of rotatable bonds is 5. The molecule has 35 heavy (non-hydrogen) atoms. The molecular weight excluding hydrogens is 534 g/mol. The van der Waals surface area contributed by atoms with Gasteiger partial charge in [-0.1, -0.05) is 52.5 Å². The number of nitrogens with zero attached hydrogens (tertiary/aromatic N) is 1. The molecule has 0 atom stereocenters. The monoisotopic (exact) mass is 548 g/mol. The topological polar surface area (TPSA) is 75.7 Å². The Bertz CT molecular complexity index is 1390. The smallest absolute Gasteiger partial charge is 0.343 e. The Hall–Kier alpha value is -3.03. The Morgan fingerprint density at radius 3 is 2.11 bits per heavy atom. The van der Waals surface area contributed by atoms with Gasteiger partial charge in [0.1, 0.15) is 16.5 Å². The molecule has 2 amide bonds. The Morgan fingerprint density at radius 1 is 0.857 bits per heavy atom. The second-order valence-corrected chi connectivity index (χ2v) is 9.21. The van der Waals surface area contributed by atoms with Gasteiger partial charge in [-0.05, 0) is 73.5 Å². The molecule has 3 aromatic rings. The normalized spacial score (nSPS) is 13.5. The van der Waals surface area contributed by atoms with Gasteiger partial charge < -0.3 is 10.1 Å². The highest BCUT2D eigenvalue weighted by atomic mass is 35.5. The van der Waals surface area contributed by atoms with Crippen molar-refractivity contribution in [2.24, 2.45) is 0 Å². The number of aryl methyl sites for hydroxylation is 2. The molecular formula is C25H16Cl4N2O4. The van der Waals surface area contributed by atoms with Gasteiger partial charge in [0.25, 0.3) is 11.8 Å². The average molecular weight is 550 g/mol. The largest absolute Gasteiger partial charge is 0.423 e. The minimum Gasteiger partial charge on any atom is -0.423 e. The molecule has 4 rings (SSSR count). The van der Waals surface area contributed by atoms with Crippen molar-refractivity contribution in [2.45, 2.75) is 13.8 Å². The molecule has 10 heteroatoms. The van der Waals surface area contributed by atoms with Crippen molar-refractivity contribution in [1.82, 2.24) is 0 Å². The van der Waals surface area contributed by atoms with Crippen LogP contribution in [0.3, 0.4) is 0 Å². The summed E-state index contributed by atoms with van der Waals surface area (Å²) < 4.78 is 5.45. The van der Waals surface area contributed by atoms with Crippen LogP contribution >= 0.6 is 46.4 Å². The van der Waals surface area contributed by atoms with Gasteiger partial charge in [0.15, 0.2) is 0 Å². The summed E-state index contributed by atoms with van der Waals surface area (Å²) in [7, 11) is 0. The first-order chi connectivity index (χ1) is 16.6. The number of carbonyl (C=O) groups is 3. The van der Waals surface area contributed by atoms with Crippen LogP contribution in [0.15, 0.2) is 65.3 Å². The van der Waals surface area contributed by atoms with Crippen LogP contribution in [0.1, 0.15) is 21.5 Å². The molecule has 0 unspecified atom stereocenters. The first-order valence-electron chi connectivity index (χ1n) is 10.2. The van der Waals surface area contributed by atoms with Crippen molar-refractivity contribution in [2.75, 3.05) is 10.2 Å². The van der Waals surface area contributed by atoms with E-state index in [2.05, 4.69) is 5.32 Å². The second kappa shape index (κ2) is 9.91. The maximum Gasteiger partial charge on any atom is 0.343 e. The molecule has 0 saturated heterocycles. The number of anilines is 2. The number of amides is 2. The van der Waals surface area contributed by atoms with Crippen LogP contribution in [0.25, 0.3) is 0 Å². The van der Waals surface area contributed by atoms with Gasteiger partial charge in [-0.15, -0.1) is 0 Å². The number of ether oxygens (including phenoxy) is 1. The fraction of sp³-hybridized carbons (Fsp3) is 0.0800. The van der Waals surface area contributed by atoms with Crippen molar-refractivity contribution >= 4 is 75.6 Å². The van der Waals surface area contributed by atoms with Gasteiger partial charge in [-0.3, -0.25) is 9.59 Å². The van der Waals surface area contributed by atoms with E-state index < -0.39 is 17.8 Å². The fourth-order valence-electron chi connectivity index (χ4n) is 3.46. The van der Waals surface area contributed by atoms with Crippen LogP contribution in [0.4, 0.5) is 11.4 Å². The minimum absolute atomic E-state index is 0.0514. The summed E-state index contributed by atoms with van der Waals surface area (Å²) in [6, 6.07) is 14.1. The van der Waals surface area contributed by atoms with Gasteiger partial charge >= 0.3 is 5.97 Å². The zero-order valence-corrected chi connectivity index (χ0v) is 21.3. The van der Waals surface area contributed by atoms with E-state index in [-0.39, 0.29) is 32.0 Å². The Morgan fingerprint density at radius 2 is 1.49 bits per heavy atom. The lowest BCUT2D eigenvalue weighted by Gasteiger charge is -2.17. The number of hydrogen-bond acceptors (Lipinski definition) is 5. The molecule has 0 aliphatic carbocycles. The Kier molecular flexibility index (Phi) is 7.10. The van der Waals surface area contributed by atoms with Crippen LogP contribution < -0.4 is 15.0 Å². The van der Waals surface area contributed by atoms with E-state index in [1.54, 1.807) is 30.3 Å². The molecule has 3 aromatic carbocycles.